The Morgan fingerprint density at radius 1 is 1.39 bits per heavy atom. The van der Waals surface area contributed by atoms with Crippen molar-refractivity contribution in [3.05, 3.63) is 41.2 Å². The molecule has 2 heterocycles. The van der Waals surface area contributed by atoms with Crippen LogP contribution in [0.15, 0.2) is 29.6 Å². The zero-order chi connectivity index (χ0) is 16.6. The number of thiazole rings is 1. The van der Waals surface area contributed by atoms with Crippen molar-refractivity contribution in [2.24, 2.45) is 5.73 Å². The average molecular weight is 356 g/mol. The zero-order valence-corrected chi connectivity index (χ0v) is 14.1. The van der Waals surface area contributed by atoms with E-state index in [0.29, 0.717) is 18.8 Å². The Morgan fingerprint density at radius 2 is 2.04 bits per heavy atom. The maximum atomic E-state index is 12.9. The molecular formula is C14H17FN4O2S2. The van der Waals surface area contributed by atoms with E-state index < -0.39 is 10.2 Å². The van der Waals surface area contributed by atoms with E-state index in [1.165, 1.54) is 39.1 Å². The summed E-state index contributed by atoms with van der Waals surface area (Å²) in [5, 5.41) is 2.55. The van der Waals surface area contributed by atoms with Crippen molar-refractivity contribution in [2.75, 3.05) is 20.1 Å². The highest BCUT2D eigenvalue weighted by Gasteiger charge is 2.36. The molecule has 0 bridgehead atoms. The number of halogens is 1. The van der Waals surface area contributed by atoms with Gasteiger partial charge in [0.15, 0.2) is 0 Å². The minimum absolute atomic E-state index is 0.0810. The van der Waals surface area contributed by atoms with Gasteiger partial charge in [-0.15, -0.1) is 11.3 Å². The maximum Gasteiger partial charge on any atom is 0.282 e. The Balaban J connectivity index is 1.70. The summed E-state index contributed by atoms with van der Waals surface area (Å²) in [5.41, 5.74) is 7.10. The highest BCUT2D eigenvalue weighted by atomic mass is 32.2. The van der Waals surface area contributed by atoms with Crippen LogP contribution in [-0.4, -0.2) is 48.2 Å². The van der Waals surface area contributed by atoms with Crippen LogP contribution in [0, 0.1) is 5.82 Å². The second-order valence-corrected chi connectivity index (χ2v) is 8.39. The van der Waals surface area contributed by atoms with E-state index in [0.717, 1.165) is 10.6 Å². The van der Waals surface area contributed by atoms with Gasteiger partial charge >= 0.3 is 0 Å². The normalized spacial score (nSPS) is 16.7. The van der Waals surface area contributed by atoms with Crippen LogP contribution < -0.4 is 5.73 Å². The largest absolute Gasteiger partial charge is 0.325 e. The number of hydrogen-bond donors (Lipinski definition) is 1. The summed E-state index contributed by atoms with van der Waals surface area (Å²) in [6.45, 7) is 0.890. The van der Waals surface area contributed by atoms with Crippen molar-refractivity contribution in [3.8, 4) is 10.6 Å². The molecular weight excluding hydrogens is 339 g/mol. The van der Waals surface area contributed by atoms with Crippen LogP contribution in [0.1, 0.15) is 5.69 Å². The van der Waals surface area contributed by atoms with Gasteiger partial charge in [-0.2, -0.15) is 17.0 Å². The van der Waals surface area contributed by atoms with E-state index in [2.05, 4.69) is 4.98 Å². The molecule has 9 heteroatoms. The summed E-state index contributed by atoms with van der Waals surface area (Å²) in [6, 6.07) is 5.97. The van der Waals surface area contributed by atoms with Gasteiger partial charge in [-0.25, -0.2) is 9.37 Å². The monoisotopic (exact) mass is 356 g/mol. The predicted octanol–water partition coefficient (Wildman–Crippen LogP) is 1.27. The lowest BCUT2D eigenvalue weighted by atomic mass is 10.2. The standard InChI is InChI=1S/C14H17FN4O2S2/c1-18(23(20,21)19-6-12(16)7-19)8-13-9-22-14(17-13)10-2-4-11(15)5-3-10/h2-5,9,12H,6-8,16H2,1H3. The molecule has 2 N–H and O–H groups in total. The Bertz CT molecular complexity index is 785. The van der Waals surface area contributed by atoms with Gasteiger partial charge in [0.1, 0.15) is 10.8 Å². The van der Waals surface area contributed by atoms with Crippen molar-refractivity contribution in [3.63, 3.8) is 0 Å². The molecule has 1 aliphatic heterocycles. The molecule has 1 saturated heterocycles. The van der Waals surface area contributed by atoms with E-state index >= 15 is 0 Å². The van der Waals surface area contributed by atoms with Crippen molar-refractivity contribution in [1.82, 2.24) is 13.6 Å². The van der Waals surface area contributed by atoms with Crippen LogP contribution in [0.2, 0.25) is 0 Å². The van der Waals surface area contributed by atoms with Crippen LogP contribution in [0.4, 0.5) is 4.39 Å². The van der Waals surface area contributed by atoms with Gasteiger partial charge in [-0.3, -0.25) is 0 Å². The summed E-state index contributed by atoms with van der Waals surface area (Å²) < 4.78 is 40.2. The highest BCUT2D eigenvalue weighted by Crippen LogP contribution is 2.25. The molecule has 0 atom stereocenters. The van der Waals surface area contributed by atoms with Crippen LogP contribution in [0.5, 0.6) is 0 Å². The average Bonchev–Trinajstić information content (AvgIpc) is 2.93. The Kier molecular flexibility index (Phi) is 4.47. The fourth-order valence-electron chi connectivity index (χ4n) is 2.27. The molecule has 0 radical (unpaired) electrons. The number of hydrogen-bond acceptors (Lipinski definition) is 5. The number of nitrogens with zero attached hydrogens (tertiary/aromatic N) is 3. The molecule has 23 heavy (non-hydrogen) atoms. The summed E-state index contributed by atoms with van der Waals surface area (Å²) in [5.74, 6) is -0.302. The first-order valence-corrected chi connectivity index (χ1v) is 9.31. The second kappa shape index (κ2) is 6.25. The van der Waals surface area contributed by atoms with E-state index in [4.69, 9.17) is 5.73 Å². The van der Waals surface area contributed by atoms with Gasteiger partial charge in [0.25, 0.3) is 10.2 Å². The van der Waals surface area contributed by atoms with Crippen LogP contribution in [-0.2, 0) is 16.8 Å². The first-order valence-electron chi connectivity index (χ1n) is 7.03. The Morgan fingerprint density at radius 3 is 2.65 bits per heavy atom. The minimum atomic E-state index is -3.49. The van der Waals surface area contributed by atoms with E-state index in [9.17, 15) is 12.8 Å². The molecule has 1 aromatic carbocycles. The molecule has 0 unspecified atom stereocenters. The zero-order valence-electron chi connectivity index (χ0n) is 12.5. The van der Waals surface area contributed by atoms with E-state index in [1.54, 1.807) is 12.1 Å². The molecule has 1 fully saturated rings. The molecule has 6 nitrogen and oxygen atoms in total. The molecule has 1 aliphatic rings. The van der Waals surface area contributed by atoms with Crippen molar-refractivity contribution in [2.45, 2.75) is 12.6 Å². The number of benzene rings is 1. The second-order valence-electron chi connectivity index (χ2n) is 5.49. The van der Waals surface area contributed by atoms with E-state index in [-0.39, 0.29) is 18.4 Å². The number of nitrogens with two attached hydrogens (primary N) is 1. The third kappa shape index (κ3) is 3.43. The lowest BCUT2D eigenvalue weighted by molar-refractivity contribution is 0.245. The van der Waals surface area contributed by atoms with Crippen molar-refractivity contribution < 1.29 is 12.8 Å². The number of aromatic nitrogens is 1. The SMILES string of the molecule is CN(Cc1csc(-c2ccc(F)cc2)n1)S(=O)(=O)N1CC(N)C1. The molecule has 0 amide bonds. The van der Waals surface area contributed by atoms with Gasteiger partial charge < -0.3 is 5.73 Å². The van der Waals surface area contributed by atoms with Crippen LogP contribution in [0.3, 0.4) is 0 Å². The van der Waals surface area contributed by atoms with Gasteiger partial charge in [-0.05, 0) is 24.3 Å². The quantitative estimate of drug-likeness (QED) is 0.875. The van der Waals surface area contributed by atoms with Crippen LogP contribution >= 0.6 is 11.3 Å². The molecule has 0 saturated carbocycles. The Hall–Kier alpha value is -1.39. The first-order chi connectivity index (χ1) is 10.9. The summed E-state index contributed by atoms with van der Waals surface area (Å²) in [7, 11) is -1.97. The molecule has 0 aliphatic carbocycles. The lowest BCUT2D eigenvalue weighted by Crippen LogP contribution is -2.60. The van der Waals surface area contributed by atoms with Gasteiger partial charge in [0.2, 0.25) is 0 Å². The fraction of sp³-hybridized carbons (Fsp3) is 0.357. The summed E-state index contributed by atoms with van der Waals surface area (Å²) >= 11 is 1.40. The van der Waals surface area contributed by atoms with E-state index in [1.807, 2.05) is 5.38 Å². The molecule has 2 aromatic rings. The minimum Gasteiger partial charge on any atom is -0.325 e. The molecule has 0 spiro atoms. The van der Waals surface area contributed by atoms with Crippen LogP contribution in [0.25, 0.3) is 10.6 Å². The number of rotatable bonds is 5. The van der Waals surface area contributed by atoms with Crippen molar-refractivity contribution >= 4 is 21.5 Å². The molecule has 124 valence electrons. The third-order valence-corrected chi connectivity index (χ3v) is 6.43. The molecule has 1 aromatic heterocycles. The lowest BCUT2D eigenvalue weighted by Gasteiger charge is -2.37. The topological polar surface area (TPSA) is 79.5 Å². The third-order valence-electron chi connectivity index (χ3n) is 3.62. The fourth-order valence-corrected chi connectivity index (χ4v) is 4.54. The van der Waals surface area contributed by atoms with Gasteiger partial charge in [-0.1, -0.05) is 0 Å². The van der Waals surface area contributed by atoms with Gasteiger partial charge in [0, 0.05) is 37.1 Å². The summed E-state index contributed by atoms with van der Waals surface area (Å²) in [6.07, 6.45) is 0. The first kappa shape index (κ1) is 16.5. The molecule has 3 rings (SSSR count). The van der Waals surface area contributed by atoms with Gasteiger partial charge in [0.05, 0.1) is 12.2 Å². The summed E-state index contributed by atoms with van der Waals surface area (Å²) in [4.78, 5) is 4.43. The highest BCUT2D eigenvalue weighted by molar-refractivity contribution is 7.86. The maximum absolute atomic E-state index is 12.9. The smallest absolute Gasteiger partial charge is 0.282 e. The predicted molar refractivity (Wildman–Crippen MR) is 87.4 cm³/mol. The van der Waals surface area contributed by atoms with Crippen molar-refractivity contribution in [1.29, 1.82) is 0 Å². The Labute approximate surface area is 138 Å².